The highest BCUT2D eigenvalue weighted by molar-refractivity contribution is 5.81. The monoisotopic (exact) mass is 763 g/mol. The highest BCUT2D eigenvalue weighted by Crippen LogP contribution is 2.41. The number of aromatic nitrogens is 2. The summed E-state index contributed by atoms with van der Waals surface area (Å²) in [4.78, 5) is 20.5. The molecular weight excluding hydrogens is 707 g/mol. The maximum Gasteiger partial charge on any atom is 0.337 e. The molecule has 0 amide bonds. The Hall–Kier alpha value is -4.74. The Kier molecular flexibility index (Phi) is 12.5. The molecule has 298 valence electrons. The van der Waals surface area contributed by atoms with Crippen LogP contribution in [0.1, 0.15) is 81.4 Å². The van der Waals surface area contributed by atoms with Gasteiger partial charge in [0.2, 0.25) is 0 Å². The van der Waals surface area contributed by atoms with Crippen LogP contribution in [0.25, 0.3) is 28.0 Å². The lowest BCUT2D eigenvalue weighted by molar-refractivity contribution is -0.160. The molecule has 5 aromatic rings. The number of aliphatic carboxylic acids is 1. The highest BCUT2D eigenvalue weighted by atomic mass is 16.6. The van der Waals surface area contributed by atoms with E-state index in [4.69, 9.17) is 23.9 Å². The minimum absolute atomic E-state index is 0.0379. The van der Waals surface area contributed by atoms with E-state index in [-0.39, 0.29) is 17.5 Å². The van der Waals surface area contributed by atoms with Gasteiger partial charge in [-0.1, -0.05) is 60.2 Å². The second kappa shape index (κ2) is 17.2. The first-order valence-corrected chi connectivity index (χ1v) is 19.6. The van der Waals surface area contributed by atoms with Gasteiger partial charge in [0.1, 0.15) is 17.2 Å². The zero-order valence-electron chi connectivity index (χ0n) is 34.1. The molecule has 0 bridgehead atoms. The molecule has 0 saturated carbocycles. The van der Waals surface area contributed by atoms with E-state index >= 15 is 0 Å². The Morgan fingerprint density at radius 1 is 0.929 bits per heavy atom. The lowest BCUT2D eigenvalue weighted by Crippen LogP contribution is -2.46. The molecular formula is C46H57N3O7. The summed E-state index contributed by atoms with van der Waals surface area (Å²) < 4.78 is 26.7. The second-order valence-corrected chi connectivity index (χ2v) is 16.3. The van der Waals surface area contributed by atoms with Crippen LogP contribution in [0.3, 0.4) is 0 Å². The Morgan fingerprint density at radius 3 is 2.34 bits per heavy atom. The number of carboxylic acids is 1. The third kappa shape index (κ3) is 9.61. The molecule has 10 heteroatoms. The van der Waals surface area contributed by atoms with Crippen LogP contribution in [0.15, 0.2) is 79.0 Å². The van der Waals surface area contributed by atoms with Crippen molar-refractivity contribution in [2.45, 2.75) is 98.2 Å². The van der Waals surface area contributed by atoms with Crippen LogP contribution in [0.2, 0.25) is 0 Å². The standard InChI is InChI=1S/C46H57N3O7/c1-30-17-18-39(50)37(25-30)35-15-12-16-36(26-35)38-27-49-42(47-38)33(4)32(3)40(41(44(51)52)56-45(5,6)7)43(49)48-21-19-46(8,20-22-48)55-24-23-53-28-31(2)54-29-34-13-10-9-11-14-34/h9-18,25-27,31,41,50H,19-24,28-29H2,1-8H3,(H,51,52)/t31-,41?/m0/s1. The van der Waals surface area contributed by atoms with Gasteiger partial charge in [-0.25, -0.2) is 9.78 Å². The van der Waals surface area contributed by atoms with Crippen LogP contribution in [0, 0.1) is 20.8 Å². The van der Waals surface area contributed by atoms with E-state index in [0.717, 1.165) is 68.9 Å². The van der Waals surface area contributed by atoms with Crippen molar-refractivity contribution in [3.05, 3.63) is 107 Å². The lowest BCUT2D eigenvalue weighted by Gasteiger charge is -2.42. The number of piperidine rings is 1. The molecule has 1 aliphatic rings. The molecule has 10 nitrogen and oxygen atoms in total. The molecule has 3 aromatic carbocycles. The second-order valence-electron chi connectivity index (χ2n) is 16.3. The van der Waals surface area contributed by atoms with Crippen molar-refractivity contribution in [2.75, 3.05) is 37.8 Å². The van der Waals surface area contributed by atoms with E-state index in [0.29, 0.717) is 45.1 Å². The van der Waals surface area contributed by atoms with Crippen LogP contribution in [-0.4, -0.2) is 75.8 Å². The number of ether oxygens (including phenoxy) is 4. The fourth-order valence-corrected chi connectivity index (χ4v) is 7.36. The fourth-order valence-electron chi connectivity index (χ4n) is 7.36. The van der Waals surface area contributed by atoms with E-state index in [1.807, 2.05) is 126 Å². The van der Waals surface area contributed by atoms with Crippen LogP contribution in [-0.2, 0) is 30.3 Å². The average Bonchev–Trinajstić information content (AvgIpc) is 3.61. The van der Waals surface area contributed by atoms with Crippen molar-refractivity contribution < 1.29 is 34.0 Å². The van der Waals surface area contributed by atoms with Gasteiger partial charge >= 0.3 is 5.97 Å². The third-order valence-corrected chi connectivity index (χ3v) is 10.6. The summed E-state index contributed by atoms with van der Waals surface area (Å²) in [6.07, 6.45) is 2.23. The Balaban J connectivity index is 1.24. The first-order chi connectivity index (χ1) is 26.6. The van der Waals surface area contributed by atoms with Crippen molar-refractivity contribution in [1.82, 2.24) is 9.38 Å². The first kappa shape index (κ1) is 40.9. The number of benzene rings is 3. The number of carboxylic acid groups (broad SMARTS) is 1. The summed E-state index contributed by atoms with van der Waals surface area (Å²) in [6.45, 7) is 19.0. The zero-order chi connectivity index (χ0) is 40.2. The van der Waals surface area contributed by atoms with Gasteiger partial charge in [0.15, 0.2) is 6.10 Å². The summed E-state index contributed by atoms with van der Waals surface area (Å²) in [5, 5.41) is 21.4. The molecule has 1 saturated heterocycles. The molecule has 6 rings (SSSR count). The number of aromatic hydroxyl groups is 1. The minimum atomic E-state index is -1.20. The molecule has 3 heterocycles. The summed E-state index contributed by atoms with van der Waals surface area (Å²) in [7, 11) is 0. The van der Waals surface area contributed by atoms with Crippen molar-refractivity contribution in [1.29, 1.82) is 0 Å². The number of hydrogen-bond donors (Lipinski definition) is 2. The van der Waals surface area contributed by atoms with Gasteiger partial charge in [-0.3, -0.25) is 4.40 Å². The van der Waals surface area contributed by atoms with Crippen LogP contribution < -0.4 is 4.90 Å². The maximum absolute atomic E-state index is 13.1. The molecule has 2 N–H and O–H groups in total. The van der Waals surface area contributed by atoms with Crippen LogP contribution in [0.5, 0.6) is 5.75 Å². The topological polar surface area (TPSA) is 115 Å². The number of nitrogens with zero attached hydrogens (tertiary/aromatic N) is 3. The maximum atomic E-state index is 13.1. The number of rotatable bonds is 15. The number of aryl methyl sites for hydroxylation is 2. The van der Waals surface area contributed by atoms with Gasteiger partial charge in [0, 0.05) is 36.0 Å². The van der Waals surface area contributed by atoms with Crippen LogP contribution >= 0.6 is 0 Å². The van der Waals surface area contributed by atoms with Gasteiger partial charge in [-0.2, -0.15) is 0 Å². The molecule has 0 spiro atoms. The van der Waals surface area contributed by atoms with E-state index < -0.39 is 17.7 Å². The SMILES string of the molecule is Cc1ccc(O)c(-c2cccc(-c3cn4c(N5CCC(C)(OCCOC[C@H](C)OCc6ccccc6)CC5)c(C(OC(C)(C)C)C(=O)O)c(C)c(C)c4n3)c2)c1. The van der Waals surface area contributed by atoms with Gasteiger partial charge in [0.25, 0.3) is 0 Å². The number of phenolic OH excluding ortho intramolecular Hbond substituents is 1. The minimum Gasteiger partial charge on any atom is -0.507 e. The zero-order valence-corrected chi connectivity index (χ0v) is 34.1. The number of carbonyl (C=O) groups is 1. The molecule has 1 unspecified atom stereocenters. The first-order valence-electron chi connectivity index (χ1n) is 19.6. The number of imidazole rings is 1. The highest BCUT2D eigenvalue weighted by Gasteiger charge is 2.38. The predicted molar refractivity (Wildman–Crippen MR) is 220 cm³/mol. The molecule has 0 radical (unpaired) electrons. The van der Waals surface area contributed by atoms with Crippen molar-refractivity contribution in [3.63, 3.8) is 0 Å². The van der Waals surface area contributed by atoms with E-state index in [2.05, 4.69) is 11.8 Å². The normalized spacial score (nSPS) is 15.6. The third-order valence-electron chi connectivity index (χ3n) is 10.6. The molecule has 2 atom stereocenters. The number of anilines is 1. The molecule has 56 heavy (non-hydrogen) atoms. The lowest BCUT2D eigenvalue weighted by atomic mass is 9.92. The molecule has 1 fully saturated rings. The molecule has 1 aliphatic heterocycles. The Labute approximate surface area is 331 Å². The van der Waals surface area contributed by atoms with Crippen molar-refractivity contribution >= 4 is 17.4 Å². The summed E-state index contributed by atoms with van der Waals surface area (Å²) in [5.74, 6) is -0.0631. The quantitative estimate of drug-likeness (QED) is 0.101. The number of phenols is 1. The molecule has 2 aromatic heterocycles. The molecule has 0 aliphatic carbocycles. The van der Waals surface area contributed by atoms with Crippen molar-refractivity contribution in [2.24, 2.45) is 0 Å². The van der Waals surface area contributed by atoms with Gasteiger partial charge in [-0.15, -0.1) is 0 Å². The van der Waals surface area contributed by atoms with Gasteiger partial charge in [0.05, 0.1) is 49.4 Å². The van der Waals surface area contributed by atoms with E-state index in [1.165, 1.54) is 0 Å². The Morgan fingerprint density at radius 2 is 1.64 bits per heavy atom. The Bertz CT molecular complexity index is 2130. The number of fused-ring (bicyclic) bond motifs is 1. The largest absolute Gasteiger partial charge is 0.507 e. The van der Waals surface area contributed by atoms with E-state index in [9.17, 15) is 15.0 Å². The van der Waals surface area contributed by atoms with Gasteiger partial charge in [-0.05, 0) is 109 Å². The van der Waals surface area contributed by atoms with Gasteiger partial charge < -0.3 is 34.1 Å². The van der Waals surface area contributed by atoms with E-state index in [1.54, 1.807) is 6.07 Å². The predicted octanol–water partition coefficient (Wildman–Crippen LogP) is 9.24. The van der Waals surface area contributed by atoms with Crippen LogP contribution in [0.4, 0.5) is 5.82 Å². The number of pyridine rings is 1. The summed E-state index contributed by atoms with van der Waals surface area (Å²) in [5.41, 5.74) is 7.47. The summed E-state index contributed by atoms with van der Waals surface area (Å²) in [6, 6.07) is 23.7. The number of hydrogen-bond acceptors (Lipinski definition) is 8. The van der Waals surface area contributed by atoms with Crippen molar-refractivity contribution in [3.8, 4) is 28.1 Å². The average molecular weight is 764 g/mol. The fraction of sp³-hybridized carbons (Fsp3) is 0.435. The summed E-state index contributed by atoms with van der Waals surface area (Å²) >= 11 is 0. The smallest absolute Gasteiger partial charge is 0.337 e.